The van der Waals surface area contributed by atoms with Crippen molar-refractivity contribution in [1.29, 1.82) is 0 Å². The maximum Gasteiger partial charge on any atom is 0.413 e. The van der Waals surface area contributed by atoms with Crippen LogP contribution in [0.3, 0.4) is 0 Å². The van der Waals surface area contributed by atoms with E-state index in [0.29, 0.717) is 11.0 Å². The highest BCUT2D eigenvalue weighted by molar-refractivity contribution is 5.76. The predicted octanol–water partition coefficient (Wildman–Crippen LogP) is 3.53. The fourth-order valence-electron chi connectivity index (χ4n) is 2.18. The molecule has 0 radical (unpaired) electrons. The van der Waals surface area contributed by atoms with Crippen LogP contribution in [-0.4, -0.2) is 15.7 Å². The molecule has 1 atom stereocenters. The molecule has 0 aliphatic carbocycles. The van der Waals surface area contributed by atoms with Crippen molar-refractivity contribution in [1.82, 2.24) is 9.55 Å². The van der Waals surface area contributed by atoms with Crippen LogP contribution >= 0.6 is 0 Å². The van der Waals surface area contributed by atoms with Gasteiger partial charge in [0.05, 0.1) is 11.0 Å². The summed E-state index contributed by atoms with van der Waals surface area (Å²) in [4.78, 5) is 4.14. The van der Waals surface area contributed by atoms with Crippen LogP contribution in [0, 0.1) is 0 Å². The van der Waals surface area contributed by atoms with Crippen LogP contribution in [0.1, 0.15) is 33.5 Å². The van der Waals surface area contributed by atoms with Gasteiger partial charge in [-0.2, -0.15) is 13.2 Å². The highest BCUT2D eigenvalue weighted by Crippen LogP contribution is 2.39. The van der Waals surface area contributed by atoms with Crippen LogP contribution in [-0.2, 0) is 11.1 Å². The number of benzene rings is 1. The molecule has 0 aliphatic rings. The van der Waals surface area contributed by atoms with E-state index >= 15 is 0 Å². The highest BCUT2D eigenvalue weighted by atomic mass is 19.4. The van der Waals surface area contributed by atoms with Gasteiger partial charge in [-0.15, -0.1) is 0 Å². The number of rotatable bonds is 1. The minimum absolute atomic E-state index is 0.168. The van der Waals surface area contributed by atoms with Crippen LogP contribution in [0.4, 0.5) is 13.2 Å². The molecule has 0 amide bonds. The lowest BCUT2D eigenvalue weighted by Crippen LogP contribution is -2.50. The van der Waals surface area contributed by atoms with Crippen molar-refractivity contribution in [3.63, 3.8) is 0 Å². The van der Waals surface area contributed by atoms with Gasteiger partial charge in [-0.25, -0.2) is 4.98 Å². The summed E-state index contributed by atoms with van der Waals surface area (Å²) < 4.78 is 41.3. The number of fused-ring (bicyclic) bond motifs is 1. The van der Waals surface area contributed by atoms with Gasteiger partial charge >= 0.3 is 6.18 Å². The van der Waals surface area contributed by atoms with Gasteiger partial charge in [-0.1, -0.05) is 12.1 Å². The Kier molecular flexibility index (Phi) is 3.13. The Labute approximate surface area is 115 Å². The zero-order valence-corrected chi connectivity index (χ0v) is 11.9. The van der Waals surface area contributed by atoms with Crippen molar-refractivity contribution in [2.75, 3.05) is 0 Å². The van der Waals surface area contributed by atoms with E-state index < -0.39 is 17.3 Å². The molecule has 0 bridgehead atoms. The minimum Gasteiger partial charge on any atom is -0.321 e. The third kappa shape index (κ3) is 2.18. The van der Waals surface area contributed by atoms with Crippen LogP contribution in [0.15, 0.2) is 24.3 Å². The first-order valence-corrected chi connectivity index (χ1v) is 6.30. The smallest absolute Gasteiger partial charge is 0.321 e. The quantitative estimate of drug-likeness (QED) is 0.871. The molecule has 6 heteroatoms. The zero-order valence-electron chi connectivity index (χ0n) is 11.9. The van der Waals surface area contributed by atoms with E-state index in [0.717, 1.165) is 6.92 Å². The molecule has 1 aromatic carbocycles. The molecule has 110 valence electrons. The van der Waals surface area contributed by atoms with E-state index in [9.17, 15) is 13.2 Å². The van der Waals surface area contributed by atoms with E-state index in [4.69, 9.17) is 5.73 Å². The van der Waals surface area contributed by atoms with Crippen molar-refractivity contribution in [3.05, 3.63) is 30.1 Å². The second-order valence-electron chi connectivity index (χ2n) is 6.13. The molecular formula is C14H18F3N3. The lowest BCUT2D eigenvalue weighted by Gasteiger charge is -2.32. The zero-order chi connectivity index (χ0) is 15.3. The molecule has 0 spiro atoms. The lowest BCUT2D eigenvalue weighted by molar-refractivity contribution is -0.187. The number of nitrogens with zero attached hydrogens (tertiary/aromatic N) is 2. The Morgan fingerprint density at radius 2 is 1.60 bits per heavy atom. The number of imidazole rings is 1. The summed E-state index contributed by atoms with van der Waals surface area (Å²) in [5.41, 5.74) is 3.67. The summed E-state index contributed by atoms with van der Waals surface area (Å²) in [6, 6.07) is 6.96. The van der Waals surface area contributed by atoms with Crippen molar-refractivity contribution >= 4 is 11.0 Å². The third-order valence-electron chi connectivity index (χ3n) is 3.28. The van der Waals surface area contributed by atoms with Gasteiger partial charge in [-0.05, 0) is 39.8 Å². The predicted molar refractivity (Wildman–Crippen MR) is 72.3 cm³/mol. The lowest BCUT2D eigenvalue weighted by atomic mass is 9.99. The van der Waals surface area contributed by atoms with Gasteiger partial charge in [0.15, 0.2) is 5.54 Å². The van der Waals surface area contributed by atoms with Gasteiger partial charge in [0.1, 0.15) is 5.82 Å². The molecule has 2 rings (SSSR count). The molecule has 1 aromatic heterocycles. The number of nitrogens with two attached hydrogens (primary N) is 1. The largest absolute Gasteiger partial charge is 0.413 e. The van der Waals surface area contributed by atoms with E-state index in [1.165, 1.54) is 0 Å². The maximum atomic E-state index is 13.2. The van der Waals surface area contributed by atoms with Crippen LogP contribution < -0.4 is 5.73 Å². The van der Waals surface area contributed by atoms with Crippen LogP contribution in [0.5, 0.6) is 0 Å². The molecule has 2 aromatic rings. The molecule has 1 unspecified atom stereocenters. The molecular weight excluding hydrogens is 267 g/mol. The second kappa shape index (κ2) is 4.22. The van der Waals surface area contributed by atoms with Crippen LogP contribution in [0.25, 0.3) is 11.0 Å². The average molecular weight is 285 g/mol. The van der Waals surface area contributed by atoms with Gasteiger partial charge in [0.25, 0.3) is 0 Å². The molecule has 3 nitrogen and oxygen atoms in total. The van der Waals surface area contributed by atoms with E-state index in [2.05, 4.69) is 4.98 Å². The number of aromatic nitrogens is 2. The van der Waals surface area contributed by atoms with Crippen molar-refractivity contribution in [2.45, 2.75) is 44.9 Å². The van der Waals surface area contributed by atoms with Crippen molar-refractivity contribution in [3.8, 4) is 0 Å². The number of halogens is 3. The van der Waals surface area contributed by atoms with E-state index in [1.807, 2.05) is 20.8 Å². The Bertz CT molecular complexity index is 633. The first-order valence-electron chi connectivity index (χ1n) is 6.30. The summed E-state index contributed by atoms with van der Waals surface area (Å²) in [7, 11) is 0. The topological polar surface area (TPSA) is 43.8 Å². The fourth-order valence-corrected chi connectivity index (χ4v) is 2.18. The highest BCUT2D eigenvalue weighted by Gasteiger charge is 2.53. The Morgan fingerprint density at radius 3 is 2.10 bits per heavy atom. The summed E-state index contributed by atoms with van der Waals surface area (Å²) in [6.45, 7) is 6.45. The Balaban J connectivity index is 2.84. The summed E-state index contributed by atoms with van der Waals surface area (Å²) in [6.07, 6.45) is -4.57. The molecule has 0 aliphatic heterocycles. The standard InChI is InChI=1S/C14H18F3N3/c1-12(2,3)20-10-8-6-5-7-9(10)19-11(20)13(4,18)14(15,16)17/h5-8H,18H2,1-4H3. The summed E-state index contributed by atoms with van der Waals surface area (Å²) >= 11 is 0. The summed E-state index contributed by atoms with van der Waals surface area (Å²) in [5, 5.41) is 0. The number of hydrogen-bond donors (Lipinski definition) is 1. The van der Waals surface area contributed by atoms with E-state index in [-0.39, 0.29) is 5.82 Å². The number of hydrogen-bond acceptors (Lipinski definition) is 2. The first kappa shape index (κ1) is 14.8. The average Bonchev–Trinajstić information content (AvgIpc) is 2.66. The number of para-hydroxylation sites is 2. The van der Waals surface area contributed by atoms with Crippen molar-refractivity contribution < 1.29 is 13.2 Å². The SMILES string of the molecule is CC(C)(C)n1c(C(C)(N)C(F)(F)F)nc2ccccc21. The van der Waals surface area contributed by atoms with Gasteiger partial charge in [0.2, 0.25) is 0 Å². The second-order valence-corrected chi connectivity index (χ2v) is 6.13. The molecule has 1 heterocycles. The van der Waals surface area contributed by atoms with Crippen molar-refractivity contribution in [2.24, 2.45) is 5.73 Å². The molecule has 2 N–H and O–H groups in total. The number of alkyl halides is 3. The first-order chi connectivity index (χ1) is 8.96. The normalized spacial score (nSPS) is 16.4. The monoisotopic (exact) mass is 285 g/mol. The molecule has 0 fully saturated rings. The molecule has 20 heavy (non-hydrogen) atoms. The molecule has 0 saturated carbocycles. The van der Waals surface area contributed by atoms with E-state index in [1.54, 1.807) is 28.8 Å². The van der Waals surface area contributed by atoms with Gasteiger partial charge < -0.3 is 10.3 Å². The third-order valence-corrected chi connectivity index (χ3v) is 3.28. The Morgan fingerprint density at radius 1 is 1.05 bits per heavy atom. The minimum atomic E-state index is -4.57. The molecule has 0 saturated heterocycles. The maximum absolute atomic E-state index is 13.2. The fraction of sp³-hybridized carbons (Fsp3) is 0.500. The van der Waals surface area contributed by atoms with Crippen LogP contribution in [0.2, 0.25) is 0 Å². The summed E-state index contributed by atoms with van der Waals surface area (Å²) in [5.74, 6) is -0.168. The van der Waals surface area contributed by atoms with Gasteiger partial charge in [0, 0.05) is 5.54 Å². The van der Waals surface area contributed by atoms with Gasteiger partial charge in [-0.3, -0.25) is 0 Å². The Hall–Kier alpha value is -1.56.